The van der Waals surface area contributed by atoms with Gasteiger partial charge in [0.15, 0.2) is 0 Å². The fourth-order valence-corrected chi connectivity index (χ4v) is 10.7. The van der Waals surface area contributed by atoms with Gasteiger partial charge in [-0.1, -0.05) is 210 Å². The van der Waals surface area contributed by atoms with Gasteiger partial charge in [0, 0.05) is 0 Å². The molecule has 0 amide bonds. The summed E-state index contributed by atoms with van der Waals surface area (Å²) in [6.07, 6.45) is 2.41. The van der Waals surface area contributed by atoms with Gasteiger partial charge in [0.05, 0.1) is 0 Å². The van der Waals surface area contributed by atoms with Crippen LogP contribution in [0.1, 0.15) is 58.2 Å². The molecular formula is C46H53BrFeP2. The van der Waals surface area contributed by atoms with Crippen LogP contribution in [0, 0.1) is 6.92 Å². The Morgan fingerprint density at radius 2 is 0.760 bits per heavy atom. The molecule has 262 valence electrons. The fraction of sp³-hybridized carbons (Fsp3) is 0.239. The van der Waals surface area contributed by atoms with Gasteiger partial charge in [0.1, 0.15) is 0 Å². The van der Waals surface area contributed by atoms with Gasteiger partial charge in [-0.3, -0.25) is 0 Å². The molecule has 0 heterocycles. The molecule has 0 unspecified atom stereocenters. The number of hydrogen-bond donors (Lipinski definition) is 0. The molecule has 6 aromatic rings. The van der Waals surface area contributed by atoms with Crippen LogP contribution in [0.25, 0.3) is 0 Å². The quantitative estimate of drug-likeness (QED) is 0.0868. The average molecular weight is 804 g/mol. The van der Waals surface area contributed by atoms with Crippen molar-refractivity contribution in [2.75, 3.05) is 12.3 Å². The first-order valence-electron chi connectivity index (χ1n) is 17.1. The molecule has 50 heavy (non-hydrogen) atoms. The molecule has 0 bridgehead atoms. The Morgan fingerprint density at radius 3 is 0.960 bits per heavy atom. The summed E-state index contributed by atoms with van der Waals surface area (Å²) in [6.45, 7) is 15.6. The van der Waals surface area contributed by atoms with Gasteiger partial charge < -0.3 is 17.0 Å². The van der Waals surface area contributed by atoms with Crippen LogP contribution in [0.15, 0.2) is 170 Å². The number of rotatable bonds is 7. The van der Waals surface area contributed by atoms with Gasteiger partial charge >= 0.3 is 17.1 Å². The van der Waals surface area contributed by atoms with Gasteiger partial charge in [0.25, 0.3) is 0 Å². The first-order chi connectivity index (χ1) is 23.0. The van der Waals surface area contributed by atoms with Gasteiger partial charge in [-0.25, -0.2) is 6.07 Å². The SMILES string of the molecule is CC(C)(C)c1cc[c-](C(C)(C)C)c1.Cc1ccccc1.[Br-].[Fe+2].c1ccc(P(CCP(c2ccccc2)c2ccccc2)c2ccccc2)cc1. The third-order valence-electron chi connectivity index (χ3n) is 8.24. The third-order valence-corrected chi connectivity index (χ3v) is 13.6. The van der Waals surface area contributed by atoms with Crippen molar-refractivity contribution >= 4 is 37.1 Å². The minimum atomic E-state index is -0.348. The molecule has 0 saturated carbocycles. The van der Waals surface area contributed by atoms with E-state index >= 15 is 0 Å². The maximum absolute atomic E-state index is 2.33. The summed E-state index contributed by atoms with van der Waals surface area (Å²) in [4.78, 5) is 0. The average Bonchev–Trinajstić information content (AvgIpc) is 3.62. The zero-order valence-corrected chi connectivity index (χ0v) is 35.2. The van der Waals surface area contributed by atoms with E-state index in [0.717, 1.165) is 0 Å². The molecule has 0 nitrogen and oxygen atoms in total. The van der Waals surface area contributed by atoms with Crippen molar-refractivity contribution in [1.29, 1.82) is 0 Å². The van der Waals surface area contributed by atoms with E-state index in [9.17, 15) is 0 Å². The van der Waals surface area contributed by atoms with Crippen LogP contribution < -0.4 is 38.2 Å². The molecule has 0 spiro atoms. The predicted octanol–water partition coefficient (Wildman–Crippen LogP) is 8.25. The van der Waals surface area contributed by atoms with Gasteiger partial charge in [-0.05, 0) is 56.3 Å². The maximum atomic E-state index is 2.33. The summed E-state index contributed by atoms with van der Waals surface area (Å²) in [5, 5.41) is 5.89. The van der Waals surface area contributed by atoms with Crippen LogP contribution in [-0.2, 0) is 27.9 Å². The van der Waals surface area contributed by atoms with E-state index in [2.05, 4.69) is 200 Å². The van der Waals surface area contributed by atoms with Gasteiger partial charge in [-0.2, -0.15) is 23.3 Å². The van der Waals surface area contributed by atoms with E-state index in [0.29, 0.717) is 0 Å². The second-order valence-electron chi connectivity index (χ2n) is 14.2. The predicted molar refractivity (Wildman–Crippen MR) is 218 cm³/mol. The van der Waals surface area contributed by atoms with Crippen molar-refractivity contribution in [3.63, 3.8) is 0 Å². The molecule has 6 aromatic carbocycles. The molecule has 0 aliphatic heterocycles. The van der Waals surface area contributed by atoms with Crippen molar-refractivity contribution in [1.82, 2.24) is 0 Å². The molecule has 0 N–H and O–H groups in total. The first kappa shape index (κ1) is 43.5. The van der Waals surface area contributed by atoms with Crippen molar-refractivity contribution in [2.24, 2.45) is 0 Å². The molecule has 0 aliphatic carbocycles. The van der Waals surface area contributed by atoms with Crippen LogP contribution in [0.2, 0.25) is 0 Å². The Hall–Kier alpha value is -2.69. The topological polar surface area (TPSA) is 0 Å². The minimum absolute atomic E-state index is 0. The summed E-state index contributed by atoms with van der Waals surface area (Å²) in [6, 6.07) is 61.3. The van der Waals surface area contributed by atoms with E-state index in [1.165, 1.54) is 50.2 Å². The monoisotopic (exact) mass is 802 g/mol. The molecule has 0 atom stereocenters. The van der Waals surface area contributed by atoms with Crippen LogP contribution >= 0.6 is 15.8 Å². The summed E-state index contributed by atoms with van der Waals surface area (Å²) < 4.78 is 0. The Bertz CT molecular complexity index is 1530. The van der Waals surface area contributed by atoms with Crippen LogP contribution in [0.3, 0.4) is 0 Å². The molecular weight excluding hydrogens is 750 g/mol. The van der Waals surface area contributed by atoms with E-state index in [-0.39, 0.29) is 60.7 Å². The van der Waals surface area contributed by atoms with Crippen molar-refractivity contribution in [2.45, 2.75) is 59.3 Å². The van der Waals surface area contributed by atoms with Crippen LogP contribution in [0.4, 0.5) is 0 Å². The second-order valence-corrected chi connectivity index (χ2v) is 18.9. The molecule has 0 aromatic heterocycles. The Kier molecular flexibility index (Phi) is 18.8. The Morgan fingerprint density at radius 1 is 0.460 bits per heavy atom. The normalized spacial score (nSPS) is 10.9. The van der Waals surface area contributed by atoms with Crippen molar-refractivity contribution in [3.8, 4) is 0 Å². The zero-order chi connectivity index (χ0) is 34.4. The molecule has 0 fully saturated rings. The molecule has 4 heteroatoms. The van der Waals surface area contributed by atoms with E-state index in [4.69, 9.17) is 0 Å². The standard InChI is InChI=1S/C26H24P2.C13H21.C7H8.BrH.Fe/c1-5-13-23(14-6-1)27(24-15-7-2-8-16-24)21-22-28(25-17-9-3-10-18-25)26-19-11-4-12-20-26;1-12(2,3)10-7-8-11(9-10)13(4,5)6;1-7-5-3-2-4-6-7;;/h1-20H,21-22H2;7-9H,1-6H3;2-6H,1H3;1H;/q;-1;;;+2/p-1. The smallest absolute Gasteiger partial charge is 1.00 e. The Labute approximate surface area is 327 Å². The van der Waals surface area contributed by atoms with Crippen LogP contribution in [0.5, 0.6) is 0 Å². The van der Waals surface area contributed by atoms with Crippen LogP contribution in [-0.4, -0.2) is 12.3 Å². The number of aryl methyl sites for hydroxylation is 1. The maximum Gasteiger partial charge on any atom is 2.00 e. The number of hydrogen-bond acceptors (Lipinski definition) is 0. The van der Waals surface area contributed by atoms with E-state index in [1.54, 1.807) is 0 Å². The summed E-state index contributed by atoms with van der Waals surface area (Å²) in [7, 11) is -0.696. The molecule has 0 saturated heterocycles. The summed E-state index contributed by atoms with van der Waals surface area (Å²) in [5.41, 5.74) is 4.77. The van der Waals surface area contributed by atoms with E-state index < -0.39 is 0 Å². The van der Waals surface area contributed by atoms with Gasteiger partial charge in [0.2, 0.25) is 0 Å². The van der Waals surface area contributed by atoms with Crippen molar-refractivity contribution < 1.29 is 34.1 Å². The Balaban J connectivity index is 0.000000327. The van der Waals surface area contributed by atoms with Gasteiger partial charge in [-0.15, -0.1) is 0 Å². The van der Waals surface area contributed by atoms with Crippen molar-refractivity contribution in [3.05, 3.63) is 187 Å². The third kappa shape index (κ3) is 14.1. The fourth-order valence-electron chi connectivity index (χ4n) is 5.36. The van der Waals surface area contributed by atoms with E-state index in [1.807, 2.05) is 18.2 Å². The first-order valence-corrected chi connectivity index (χ1v) is 20.1. The molecule has 6 rings (SSSR count). The molecule has 0 aliphatic rings. The number of halogens is 1. The summed E-state index contributed by atoms with van der Waals surface area (Å²) >= 11 is 0. The molecule has 0 radical (unpaired) electrons. The summed E-state index contributed by atoms with van der Waals surface area (Å²) in [5.74, 6) is 0. The second kappa shape index (κ2) is 21.6. The largest absolute Gasteiger partial charge is 2.00 e. The number of benzene rings is 5. The minimum Gasteiger partial charge on any atom is -1.00 e. The zero-order valence-electron chi connectivity index (χ0n) is 30.7.